The number of carboxylic acid groups (broad SMARTS) is 2. The smallest absolute Gasteiger partial charge is 0.351 e. The molecular weight excluding hydrogens is 1200 g/mol. The van der Waals surface area contributed by atoms with Gasteiger partial charge in [0.15, 0.2) is 0 Å². The van der Waals surface area contributed by atoms with Crippen molar-refractivity contribution in [1.82, 2.24) is 66.8 Å². The molecule has 0 aliphatic carbocycles. The van der Waals surface area contributed by atoms with Crippen LogP contribution in [0.25, 0.3) is 49.3 Å². The number of aliphatic hydroxyl groups excluding tert-OH is 1. The number of thiazole rings is 5. The van der Waals surface area contributed by atoms with Gasteiger partial charge in [-0.15, -0.1) is 56.7 Å². The van der Waals surface area contributed by atoms with Crippen molar-refractivity contribution >= 4 is 138 Å². The second-order valence-electron chi connectivity index (χ2n) is 18.1. The molecule has 1 aliphatic heterocycles. The number of aliphatic hydroxyl groups is 1. The number of allylic oxidation sites excluding steroid dienone is 1. The monoisotopic (exact) mass is 1250 g/mol. The minimum Gasteiger partial charge on any atom is -0.481 e. The van der Waals surface area contributed by atoms with Crippen LogP contribution in [-0.2, 0) is 19.2 Å². The Morgan fingerprint density at radius 1 is 0.762 bits per heavy atom. The summed E-state index contributed by atoms with van der Waals surface area (Å²) in [6.07, 6.45) is 0.818. The maximum atomic E-state index is 14.4. The number of amides is 6. The lowest BCUT2D eigenvalue weighted by molar-refractivity contribution is -0.137. The van der Waals surface area contributed by atoms with Gasteiger partial charge in [-0.1, -0.05) is 49.2 Å². The molecule has 430 valence electrons. The van der Waals surface area contributed by atoms with E-state index < -0.39 is 83.0 Å². The fourth-order valence-electron chi connectivity index (χ4n) is 8.04. The van der Waals surface area contributed by atoms with Crippen LogP contribution in [0.5, 0.6) is 0 Å². The van der Waals surface area contributed by atoms with E-state index in [0.717, 1.165) is 84.9 Å². The van der Waals surface area contributed by atoms with Crippen molar-refractivity contribution in [2.75, 3.05) is 5.75 Å². The Morgan fingerprint density at radius 2 is 1.44 bits per heavy atom. The van der Waals surface area contributed by atoms with Crippen LogP contribution >= 0.6 is 68.4 Å². The third-order valence-electron chi connectivity index (χ3n) is 12.4. The van der Waals surface area contributed by atoms with E-state index in [9.17, 15) is 53.4 Å². The maximum absolute atomic E-state index is 14.4. The molecule has 1 aliphatic rings. The van der Waals surface area contributed by atoms with Gasteiger partial charge in [-0.25, -0.2) is 34.7 Å². The highest BCUT2D eigenvalue weighted by Gasteiger charge is 2.32. The normalized spacial score (nSPS) is 16.6. The Kier molecular flexibility index (Phi) is 18.2. The van der Waals surface area contributed by atoms with Gasteiger partial charge in [-0.3, -0.25) is 38.4 Å². The van der Waals surface area contributed by atoms with Crippen molar-refractivity contribution < 1.29 is 58.5 Å². The van der Waals surface area contributed by atoms with Gasteiger partial charge in [0.1, 0.15) is 70.1 Å². The molecule has 0 radical (unpaired) electrons. The number of carboxylic acids is 2. The summed E-state index contributed by atoms with van der Waals surface area (Å²) >= 11 is 5.97. The summed E-state index contributed by atoms with van der Waals surface area (Å²) in [4.78, 5) is 150. The second kappa shape index (κ2) is 25.7. The molecule has 9 rings (SSSR count). The van der Waals surface area contributed by atoms with Gasteiger partial charge < -0.3 is 52.2 Å². The molecule has 25 nitrogen and oxygen atoms in total. The summed E-state index contributed by atoms with van der Waals surface area (Å²) in [5, 5.41) is 52.5. The SMILES string of the molecule is C=C(NC(=O)C(=C)NC(=O)c1csc(-c2ccc3c(n2)-c2csc(n2)C(CSC(=O)c2[nH]c4ccccc4c2C)NC(=O)c2csc(n2)C(CCC(=O)O)NC(=O)c2cnc(s2)C(=CC)NC(=O)C(C(C)O)NC(=O)c2csc-3n2)n1)C(=O)O. The Balaban J connectivity index is 1.12. The van der Waals surface area contributed by atoms with Crippen LogP contribution < -0.4 is 31.9 Å². The number of aromatic amines is 1. The number of H-pyrrole nitrogens is 1. The van der Waals surface area contributed by atoms with Crippen molar-refractivity contribution in [3.8, 4) is 32.7 Å². The number of nitrogens with one attached hydrogen (secondary N) is 7. The van der Waals surface area contributed by atoms with Crippen LogP contribution in [0.3, 0.4) is 0 Å². The lowest BCUT2D eigenvalue weighted by Crippen LogP contribution is -2.52. The van der Waals surface area contributed by atoms with Crippen molar-refractivity contribution in [3.05, 3.63) is 143 Å². The van der Waals surface area contributed by atoms with Gasteiger partial charge in [-0.05, 0) is 51.0 Å². The number of thioether (sulfide) groups is 1. The van der Waals surface area contributed by atoms with E-state index in [1.54, 1.807) is 24.4 Å². The first-order valence-corrected chi connectivity index (χ1v) is 30.1. The number of carbonyl (C=O) groups is 9. The number of hydrogen-bond donors (Lipinski definition) is 10. The quantitative estimate of drug-likeness (QED) is 0.0553. The number of rotatable bonds is 13. The minimum atomic E-state index is -1.53. The van der Waals surface area contributed by atoms with Crippen molar-refractivity contribution in [2.24, 2.45) is 0 Å². The Labute approximate surface area is 498 Å². The molecular formula is C53H45N13O12S6. The van der Waals surface area contributed by atoms with Crippen LogP contribution in [0.1, 0.15) is 111 Å². The second-order valence-corrected chi connectivity index (χ2v) is 23.7. The molecule has 0 spiro atoms. The summed E-state index contributed by atoms with van der Waals surface area (Å²) in [6, 6.07) is 7.10. The number of para-hydroxylation sites is 1. The maximum Gasteiger partial charge on any atom is 0.351 e. The number of benzene rings is 1. The van der Waals surface area contributed by atoms with Gasteiger partial charge in [0.05, 0.1) is 47.2 Å². The number of pyridine rings is 1. The summed E-state index contributed by atoms with van der Waals surface area (Å²) in [7, 11) is 0. The summed E-state index contributed by atoms with van der Waals surface area (Å²) in [5.41, 5.74) is 1.38. The molecule has 8 aromatic rings. The van der Waals surface area contributed by atoms with Crippen LogP contribution in [0, 0.1) is 6.92 Å². The topological polar surface area (TPSA) is 380 Å². The standard InChI is InChI=1S/C53H45N13O12S6/c1-6-27-48-54-15-36(84-48)45(74)60-30(13-14-37(68)69)50-65-33(19-82-50)43(72)61-35(20-83-53(78)38-21(2)25-9-7-8-10-28(25)57-38)51-62-31(16-80-51)40-26(47-63-34(17-79-47)44(73)66-39(24(5)67)46(75)59-27)11-12-29(58-40)49-64-32(18-81-49)42(71)55-22(3)41(70)56-23(4)52(76)77/h6-12,15-19,24,30,35,39,57,67H,3-4,13-14,20H2,1-2,5H3,(H,55,71)(H,56,70)(H,59,75)(H,60,74)(H,61,72)(H,66,73)(H,68,69)(H,76,77). The van der Waals surface area contributed by atoms with Crippen molar-refractivity contribution in [2.45, 2.75) is 57.8 Å². The number of aliphatic carboxylic acids is 2. The first-order chi connectivity index (χ1) is 40.1. The van der Waals surface area contributed by atoms with E-state index in [1.165, 1.54) is 35.3 Å². The minimum absolute atomic E-state index is 0.0600. The van der Waals surface area contributed by atoms with Crippen molar-refractivity contribution in [1.29, 1.82) is 0 Å². The molecule has 10 N–H and O–H groups in total. The predicted octanol–water partition coefficient (Wildman–Crippen LogP) is 6.46. The first-order valence-electron chi connectivity index (χ1n) is 24.7. The Hall–Kier alpha value is -8.98. The largest absolute Gasteiger partial charge is 0.481 e. The Bertz CT molecular complexity index is 4040. The zero-order valence-corrected chi connectivity index (χ0v) is 48.8. The van der Waals surface area contributed by atoms with Gasteiger partial charge in [0, 0.05) is 50.2 Å². The van der Waals surface area contributed by atoms with Gasteiger partial charge >= 0.3 is 11.9 Å². The van der Waals surface area contributed by atoms with Gasteiger partial charge in [-0.2, -0.15) is 0 Å². The Morgan fingerprint density at radius 3 is 2.17 bits per heavy atom. The molecule has 1 aromatic carbocycles. The van der Waals surface area contributed by atoms with E-state index in [4.69, 9.17) is 15.1 Å². The highest BCUT2D eigenvalue weighted by molar-refractivity contribution is 8.14. The number of carbonyl (C=O) groups excluding carboxylic acids is 7. The highest BCUT2D eigenvalue weighted by atomic mass is 32.2. The number of fused-ring (bicyclic) bond motifs is 12. The molecule has 4 atom stereocenters. The van der Waals surface area contributed by atoms with Crippen molar-refractivity contribution in [3.63, 3.8) is 0 Å². The zero-order valence-electron chi connectivity index (χ0n) is 43.9. The van der Waals surface area contributed by atoms with Crippen LogP contribution in [0.15, 0.2) is 94.7 Å². The fraction of sp³-hybridized carbons (Fsp3) is 0.189. The highest BCUT2D eigenvalue weighted by Crippen LogP contribution is 2.38. The molecule has 0 fully saturated rings. The molecule has 8 heterocycles. The zero-order chi connectivity index (χ0) is 60.1. The molecule has 84 heavy (non-hydrogen) atoms. The molecule has 8 bridgehead atoms. The molecule has 0 saturated carbocycles. The summed E-state index contributed by atoms with van der Waals surface area (Å²) in [6.45, 7) is 11.5. The molecule has 7 aromatic heterocycles. The molecule has 0 saturated heterocycles. The number of nitrogens with zero attached hydrogens (tertiary/aromatic N) is 6. The fourth-order valence-corrected chi connectivity index (χ4v) is 13.2. The number of hydrogen-bond acceptors (Lipinski definition) is 22. The van der Waals surface area contributed by atoms with Crippen LogP contribution in [0.2, 0.25) is 0 Å². The number of aryl methyl sites for hydroxylation is 1. The van der Waals surface area contributed by atoms with Crippen LogP contribution in [0.4, 0.5) is 0 Å². The lowest BCUT2D eigenvalue weighted by Gasteiger charge is -2.21. The summed E-state index contributed by atoms with van der Waals surface area (Å²) in [5.74, 6) is -7.63. The first kappa shape index (κ1) is 59.6. The van der Waals surface area contributed by atoms with E-state index >= 15 is 0 Å². The average molecular weight is 1250 g/mol. The average Bonchev–Trinajstić information content (AvgIpc) is 2.68. The van der Waals surface area contributed by atoms with Gasteiger partial charge in [0.25, 0.3) is 29.5 Å². The van der Waals surface area contributed by atoms with E-state index in [1.807, 2.05) is 36.5 Å². The molecule has 4 unspecified atom stereocenters. The predicted molar refractivity (Wildman–Crippen MR) is 315 cm³/mol. The number of aromatic nitrogens is 7. The van der Waals surface area contributed by atoms with Crippen LogP contribution in [-0.4, -0.2) is 121 Å². The third-order valence-corrected chi connectivity index (χ3v) is 18.0. The lowest BCUT2D eigenvalue weighted by atomic mass is 10.1. The molecule has 6 amide bonds. The third kappa shape index (κ3) is 13.4. The van der Waals surface area contributed by atoms with E-state index in [-0.39, 0.29) is 88.5 Å². The van der Waals surface area contributed by atoms with Gasteiger partial charge in [0.2, 0.25) is 11.0 Å². The van der Waals surface area contributed by atoms with E-state index in [0.29, 0.717) is 16.3 Å². The molecule has 31 heteroatoms. The van der Waals surface area contributed by atoms with E-state index in [2.05, 4.69) is 64.7 Å². The summed E-state index contributed by atoms with van der Waals surface area (Å²) < 4.78 is 0.